The molecule has 0 saturated heterocycles. The molecule has 0 spiro atoms. The highest BCUT2D eigenvalue weighted by Crippen LogP contribution is 2.06. The van der Waals surface area contributed by atoms with Gasteiger partial charge in [0.15, 0.2) is 0 Å². The molecule has 0 fully saturated rings. The lowest BCUT2D eigenvalue weighted by Crippen LogP contribution is -2.37. The molecule has 0 aliphatic carbocycles. The molecule has 14 heavy (non-hydrogen) atoms. The van der Waals surface area contributed by atoms with Crippen LogP contribution in [0.1, 0.15) is 11.1 Å². The summed E-state index contributed by atoms with van der Waals surface area (Å²) in [6.45, 7) is 0.0343. The average Bonchev–Trinajstić information content (AvgIpc) is 2.26. The second kappa shape index (κ2) is 5.49. The minimum absolute atomic E-state index is 0.0343. The van der Waals surface area contributed by atoms with Crippen LogP contribution in [0, 0.1) is 0 Å². The first kappa shape index (κ1) is 10.8. The average molecular weight is 194 g/mol. The van der Waals surface area contributed by atoms with Crippen molar-refractivity contribution >= 4 is 6.29 Å². The van der Waals surface area contributed by atoms with Crippen molar-refractivity contribution in [3.8, 4) is 0 Å². The highest BCUT2D eigenvalue weighted by Gasteiger charge is 2.04. The zero-order valence-electron chi connectivity index (χ0n) is 7.81. The fourth-order valence-electron chi connectivity index (χ4n) is 1.18. The number of hydrogen-bond acceptors (Lipinski definition) is 4. The van der Waals surface area contributed by atoms with Crippen LogP contribution in [-0.2, 0) is 17.8 Å². The molecule has 0 radical (unpaired) electrons. The third kappa shape index (κ3) is 2.92. The number of carbonyl (C=O) groups is 1. The molecule has 0 saturated carbocycles. The Balaban J connectivity index is 2.63. The number of aliphatic hydroxyl groups is 1. The first-order valence-electron chi connectivity index (χ1n) is 4.40. The number of hydrogen-bond donors (Lipinski definition) is 3. The van der Waals surface area contributed by atoms with E-state index < -0.39 is 0 Å². The van der Waals surface area contributed by atoms with Crippen molar-refractivity contribution in [3.63, 3.8) is 0 Å². The highest BCUT2D eigenvalue weighted by atomic mass is 16.3. The number of nitrogens with one attached hydrogen (secondary N) is 1. The minimum Gasteiger partial charge on any atom is -0.392 e. The summed E-state index contributed by atoms with van der Waals surface area (Å²) in [7, 11) is 0. The third-order valence-electron chi connectivity index (χ3n) is 2.04. The van der Waals surface area contributed by atoms with Crippen LogP contribution >= 0.6 is 0 Å². The van der Waals surface area contributed by atoms with Gasteiger partial charge in [-0.3, -0.25) is 5.84 Å². The summed E-state index contributed by atoms with van der Waals surface area (Å²) in [5.74, 6) is 5.17. The molecular formula is C10H14N2O2. The van der Waals surface area contributed by atoms with E-state index in [1.165, 1.54) is 0 Å². The maximum atomic E-state index is 10.5. The Morgan fingerprint density at radius 2 is 1.93 bits per heavy atom. The van der Waals surface area contributed by atoms with Gasteiger partial charge in [0.05, 0.1) is 12.6 Å². The smallest absolute Gasteiger partial charge is 0.138 e. The molecule has 1 aromatic rings. The SMILES string of the molecule is NNC(C=O)Cc1ccc(CO)cc1. The molecular weight excluding hydrogens is 180 g/mol. The Kier molecular flexibility index (Phi) is 4.25. The van der Waals surface area contributed by atoms with Crippen LogP contribution in [0.4, 0.5) is 0 Å². The van der Waals surface area contributed by atoms with E-state index in [1.807, 2.05) is 24.3 Å². The fraction of sp³-hybridized carbons (Fsp3) is 0.300. The molecule has 0 bridgehead atoms. The van der Waals surface area contributed by atoms with Crippen molar-refractivity contribution in [1.29, 1.82) is 0 Å². The molecule has 76 valence electrons. The Morgan fingerprint density at radius 1 is 1.36 bits per heavy atom. The van der Waals surface area contributed by atoms with Gasteiger partial charge in [-0.25, -0.2) is 5.43 Å². The predicted molar refractivity (Wildman–Crippen MR) is 53.2 cm³/mol. The summed E-state index contributed by atoms with van der Waals surface area (Å²) in [6, 6.07) is 7.05. The zero-order valence-corrected chi connectivity index (χ0v) is 7.81. The van der Waals surface area contributed by atoms with Gasteiger partial charge < -0.3 is 9.90 Å². The van der Waals surface area contributed by atoms with Crippen LogP contribution < -0.4 is 11.3 Å². The van der Waals surface area contributed by atoms with E-state index >= 15 is 0 Å². The second-order valence-corrected chi connectivity index (χ2v) is 3.09. The van der Waals surface area contributed by atoms with Crippen molar-refractivity contribution in [2.75, 3.05) is 0 Å². The Morgan fingerprint density at radius 3 is 2.36 bits per heavy atom. The number of hydrazine groups is 1. The molecule has 1 atom stereocenters. The Bertz CT molecular complexity index is 285. The van der Waals surface area contributed by atoms with Crippen LogP contribution in [0.25, 0.3) is 0 Å². The highest BCUT2D eigenvalue weighted by molar-refractivity contribution is 5.58. The number of aliphatic hydroxyl groups excluding tert-OH is 1. The summed E-state index contributed by atoms with van der Waals surface area (Å²) in [5, 5.41) is 8.81. The normalized spacial score (nSPS) is 12.4. The van der Waals surface area contributed by atoms with Crippen molar-refractivity contribution in [3.05, 3.63) is 35.4 Å². The van der Waals surface area contributed by atoms with Crippen molar-refractivity contribution in [2.45, 2.75) is 19.1 Å². The standard InChI is InChI=1S/C10H14N2O2/c11-12-10(7-14)5-8-1-3-9(6-13)4-2-8/h1-4,7,10,12-13H,5-6,11H2. The summed E-state index contributed by atoms with van der Waals surface area (Å²) in [6.07, 6.45) is 1.34. The molecule has 1 rings (SSSR count). The number of aldehydes is 1. The lowest BCUT2D eigenvalue weighted by molar-refractivity contribution is -0.109. The first-order chi connectivity index (χ1) is 6.80. The van der Waals surface area contributed by atoms with Gasteiger partial charge in [0.25, 0.3) is 0 Å². The van der Waals surface area contributed by atoms with Crippen LogP contribution in [0.15, 0.2) is 24.3 Å². The van der Waals surface area contributed by atoms with E-state index in [9.17, 15) is 4.79 Å². The first-order valence-corrected chi connectivity index (χ1v) is 4.40. The van der Waals surface area contributed by atoms with Crippen LogP contribution in [0.2, 0.25) is 0 Å². The molecule has 4 N–H and O–H groups in total. The quantitative estimate of drug-likeness (QED) is 0.343. The van der Waals surface area contributed by atoms with Crippen LogP contribution in [0.5, 0.6) is 0 Å². The molecule has 4 heteroatoms. The number of nitrogens with two attached hydrogens (primary N) is 1. The van der Waals surface area contributed by atoms with E-state index in [0.717, 1.165) is 17.4 Å². The van der Waals surface area contributed by atoms with Crippen LogP contribution in [0.3, 0.4) is 0 Å². The number of benzene rings is 1. The Labute approximate surface area is 82.7 Å². The van der Waals surface area contributed by atoms with E-state index in [0.29, 0.717) is 6.42 Å². The van der Waals surface area contributed by atoms with Crippen molar-refractivity contribution in [1.82, 2.24) is 5.43 Å². The van der Waals surface area contributed by atoms with Crippen LogP contribution in [-0.4, -0.2) is 17.4 Å². The van der Waals surface area contributed by atoms with E-state index in [4.69, 9.17) is 10.9 Å². The van der Waals surface area contributed by atoms with Gasteiger partial charge in [-0.1, -0.05) is 24.3 Å². The van der Waals surface area contributed by atoms with Crippen molar-refractivity contribution < 1.29 is 9.90 Å². The van der Waals surface area contributed by atoms with Gasteiger partial charge in [0.2, 0.25) is 0 Å². The molecule has 0 aliphatic rings. The number of carbonyl (C=O) groups excluding carboxylic acids is 1. The topological polar surface area (TPSA) is 75.3 Å². The molecule has 0 aromatic heterocycles. The molecule has 1 unspecified atom stereocenters. The summed E-state index contributed by atoms with van der Waals surface area (Å²) < 4.78 is 0. The maximum Gasteiger partial charge on any atom is 0.138 e. The molecule has 0 heterocycles. The van der Waals surface area contributed by atoms with Gasteiger partial charge >= 0.3 is 0 Å². The Hall–Kier alpha value is -1.23. The minimum atomic E-state index is -0.352. The van der Waals surface area contributed by atoms with Crippen molar-refractivity contribution in [2.24, 2.45) is 5.84 Å². The van der Waals surface area contributed by atoms with E-state index in [-0.39, 0.29) is 12.6 Å². The number of rotatable bonds is 5. The maximum absolute atomic E-state index is 10.5. The van der Waals surface area contributed by atoms with E-state index in [1.54, 1.807) is 0 Å². The largest absolute Gasteiger partial charge is 0.392 e. The van der Waals surface area contributed by atoms with Gasteiger partial charge in [-0.2, -0.15) is 0 Å². The molecule has 1 aromatic carbocycles. The van der Waals surface area contributed by atoms with E-state index in [2.05, 4.69) is 5.43 Å². The third-order valence-corrected chi connectivity index (χ3v) is 2.04. The monoisotopic (exact) mass is 194 g/mol. The second-order valence-electron chi connectivity index (χ2n) is 3.09. The zero-order chi connectivity index (χ0) is 10.4. The lowest BCUT2D eigenvalue weighted by Gasteiger charge is -2.08. The molecule has 4 nitrogen and oxygen atoms in total. The fourth-order valence-corrected chi connectivity index (χ4v) is 1.18. The van der Waals surface area contributed by atoms with Gasteiger partial charge in [-0.15, -0.1) is 0 Å². The van der Waals surface area contributed by atoms with Gasteiger partial charge in [-0.05, 0) is 17.5 Å². The van der Waals surface area contributed by atoms with Gasteiger partial charge in [0, 0.05) is 0 Å². The van der Waals surface area contributed by atoms with Gasteiger partial charge in [0.1, 0.15) is 6.29 Å². The summed E-state index contributed by atoms with van der Waals surface area (Å²) in [4.78, 5) is 10.5. The molecule has 0 aliphatic heterocycles. The summed E-state index contributed by atoms with van der Waals surface area (Å²) in [5.41, 5.74) is 4.28. The molecule has 0 amide bonds. The predicted octanol–water partition coefficient (Wildman–Crippen LogP) is -0.248. The lowest BCUT2D eigenvalue weighted by atomic mass is 10.1. The summed E-state index contributed by atoms with van der Waals surface area (Å²) >= 11 is 0.